The normalized spacial score (nSPS) is 24.7. The van der Waals surface area contributed by atoms with E-state index in [1.54, 1.807) is 0 Å². The van der Waals surface area contributed by atoms with E-state index in [2.05, 4.69) is 115 Å². The lowest BCUT2D eigenvalue weighted by Crippen LogP contribution is -2.73. The molecule has 5 aliphatic heterocycles. The number of benzene rings is 2. The van der Waals surface area contributed by atoms with Crippen molar-refractivity contribution in [3.05, 3.63) is 65.2 Å². The summed E-state index contributed by atoms with van der Waals surface area (Å²) in [6.07, 6.45) is 7.11. The predicted octanol–water partition coefficient (Wildman–Crippen LogP) is 7.68. The van der Waals surface area contributed by atoms with Gasteiger partial charge < -0.3 is 14.7 Å². The fraction of sp³-hybridized carbons (Fsp3) is 0.702. The average Bonchev–Trinajstić information content (AvgIpc) is 3.12. The third-order valence-electron chi connectivity index (χ3n) is 15.5. The number of hydrogen-bond acceptors (Lipinski definition) is 5. The zero-order valence-corrected chi connectivity index (χ0v) is 34.4. The Hall–Kier alpha value is -2.90. The molecule has 2 aromatic rings. The summed E-state index contributed by atoms with van der Waals surface area (Å²) in [7, 11) is 0. The maximum Gasteiger partial charge on any atom is 0.236 e. The van der Waals surface area contributed by atoms with Gasteiger partial charge in [-0.25, -0.2) is 0 Å². The van der Waals surface area contributed by atoms with Crippen LogP contribution in [0.1, 0.15) is 115 Å². The highest BCUT2D eigenvalue weighted by Gasteiger charge is 2.53. The van der Waals surface area contributed by atoms with Gasteiger partial charge in [0.15, 0.2) is 0 Å². The summed E-state index contributed by atoms with van der Waals surface area (Å²) in [4.78, 5) is 37.8. The molecule has 5 saturated heterocycles. The second-order valence-corrected chi connectivity index (χ2v) is 20.0. The Morgan fingerprint density at radius 3 is 1.59 bits per heavy atom. The van der Waals surface area contributed by atoms with Gasteiger partial charge in [-0.3, -0.25) is 19.4 Å². The van der Waals surface area contributed by atoms with Gasteiger partial charge in [-0.1, -0.05) is 77.9 Å². The summed E-state index contributed by atoms with van der Waals surface area (Å²) in [5.74, 6) is 5.21. The number of carbonyl (C=O) groups excluding carboxylic acids is 2. The van der Waals surface area contributed by atoms with Crippen LogP contribution in [0.4, 0.5) is 5.69 Å². The molecule has 7 heteroatoms. The SMILES string of the molecule is CC(C)c1ccc(N2CC3(CN(CC(=O)N4CCC(C(C)C(C)c5ccc(C6CC7(C6)CN(CC(=O)N6CCC(C(C)C)CC6)C7)cc5)CC4)C3)C2)cc1. The topological polar surface area (TPSA) is 50.3 Å². The molecule has 0 radical (unpaired) electrons. The quantitative estimate of drug-likeness (QED) is 0.237. The van der Waals surface area contributed by atoms with Crippen molar-refractivity contribution in [1.82, 2.24) is 19.6 Å². The molecule has 1 saturated carbocycles. The summed E-state index contributed by atoms with van der Waals surface area (Å²) in [5, 5.41) is 0. The van der Waals surface area contributed by atoms with Crippen LogP contribution in [0.3, 0.4) is 0 Å². The van der Waals surface area contributed by atoms with E-state index in [4.69, 9.17) is 0 Å². The standard InChI is InChI=1S/C47H69N5O2/c1-33(2)37-11-13-43(14-12-37)52-31-47(32-52)29-49(30-47)26-45(54)51-21-17-40(18-22-51)36(6)35(5)39-7-9-41(10-8-39)42-23-46(24-42)27-48(28-46)25-44(53)50-19-15-38(16-20-50)34(3)4/h7-14,33-36,38,40,42H,15-32H2,1-6H3. The summed E-state index contributed by atoms with van der Waals surface area (Å²) in [5.41, 5.74) is 6.53. The number of carbonyl (C=O) groups is 2. The Balaban J connectivity index is 0.714. The smallest absolute Gasteiger partial charge is 0.236 e. The Bertz CT molecular complexity index is 1590. The average molecular weight is 736 g/mol. The Morgan fingerprint density at radius 1 is 0.611 bits per heavy atom. The summed E-state index contributed by atoms with van der Waals surface area (Å²) in [6.45, 7) is 25.5. The first kappa shape index (κ1) is 38.0. The molecular formula is C47H69N5O2. The molecule has 0 N–H and O–H groups in total. The molecule has 6 fully saturated rings. The fourth-order valence-electron chi connectivity index (χ4n) is 11.6. The largest absolute Gasteiger partial charge is 0.370 e. The van der Waals surface area contributed by atoms with Gasteiger partial charge in [0.05, 0.1) is 13.1 Å². The van der Waals surface area contributed by atoms with Crippen LogP contribution in [0.2, 0.25) is 0 Å². The number of piperidine rings is 2. The fourth-order valence-corrected chi connectivity index (χ4v) is 11.6. The highest BCUT2D eigenvalue weighted by atomic mass is 16.2. The number of anilines is 1. The number of nitrogens with zero attached hydrogens (tertiary/aromatic N) is 5. The molecule has 2 amide bonds. The van der Waals surface area contributed by atoms with E-state index in [0.717, 1.165) is 90.1 Å². The molecule has 5 heterocycles. The lowest BCUT2D eigenvalue weighted by Gasteiger charge is -2.61. The first-order valence-electron chi connectivity index (χ1n) is 21.8. The lowest BCUT2D eigenvalue weighted by molar-refractivity contribution is -0.141. The van der Waals surface area contributed by atoms with Crippen LogP contribution in [0.25, 0.3) is 0 Å². The first-order chi connectivity index (χ1) is 25.9. The predicted molar refractivity (Wildman–Crippen MR) is 220 cm³/mol. The monoisotopic (exact) mass is 736 g/mol. The third kappa shape index (κ3) is 7.75. The molecule has 0 aromatic heterocycles. The van der Waals surface area contributed by atoms with E-state index in [0.29, 0.717) is 65.3 Å². The van der Waals surface area contributed by atoms with Crippen LogP contribution in [0.15, 0.2) is 48.5 Å². The van der Waals surface area contributed by atoms with E-state index in [9.17, 15) is 9.59 Å². The second kappa shape index (κ2) is 15.2. The molecule has 2 atom stereocenters. The van der Waals surface area contributed by atoms with Gasteiger partial charge in [0.2, 0.25) is 11.8 Å². The lowest BCUT2D eigenvalue weighted by atomic mass is 9.56. The van der Waals surface area contributed by atoms with Crippen molar-refractivity contribution in [2.45, 2.75) is 97.8 Å². The molecule has 2 spiro atoms. The molecule has 7 nitrogen and oxygen atoms in total. The summed E-state index contributed by atoms with van der Waals surface area (Å²) >= 11 is 0. The Labute approximate surface area is 326 Å². The highest BCUT2D eigenvalue weighted by Crippen LogP contribution is 2.56. The van der Waals surface area contributed by atoms with Crippen LogP contribution in [0, 0.1) is 34.5 Å². The zero-order valence-electron chi connectivity index (χ0n) is 34.4. The minimum atomic E-state index is 0.332. The number of hydrogen-bond donors (Lipinski definition) is 0. The van der Waals surface area contributed by atoms with Crippen molar-refractivity contribution in [3.63, 3.8) is 0 Å². The third-order valence-corrected chi connectivity index (χ3v) is 15.5. The molecule has 8 rings (SSSR count). The first-order valence-corrected chi connectivity index (χ1v) is 21.8. The molecule has 1 aliphatic carbocycles. The van der Waals surface area contributed by atoms with Gasteiger partial charge in [-0.2, -0.15) is 0 Å². The maximum atomic E-state index is 13.3. The Morgan fingerprint density at radius 2 is 1.09 bits per heavy atom. The van der Waals surface area contributed by atoms with Crippen molar-refractivity contribution in [1.29, 1.82) is 0 Å². The van der Waals surface area contributed by atoms with E-state index in [-0.39, 0.29) is 0 Å². The van der Waals surface area contributed by atoms with Gasteiger partial charge in [-0.05, 0) is 114 Å². The van der Waals surface area contributed by atoms with Crippen LogP contribution in [0.5, 0.6) is 0 Å². The van der Waals surface area contributed by atoms with Crippen molar-refractivity contribution >= 4 is 17.5 Å². The van der Waals surface area contributed by atoms with Gasteiger partial charge >= 0.3 is 0 Å². The number of amides is 2. The minimum Gasteiger partial charge on any atom is -0.370 e. The van der Waals surface area contributed by atoms with E-state index in [1.165, 1.54) is 48.1 Å². The van der Waals surface area contributed by atoms with Crippen molar-refractivity contribution in [2.24, 2.45) is 34.5 Å². The van der Waals surface area contributed by atoms with Crippen molar-refractivity contribution in [2.75, 3.05) is 83.4 Å². The number of rotatable bonds is 11. The zero-order chi connectivity index (χ0) is 37.8. The second-order valence-electron chi connectivity index (χ2n) is 20.0. The van der Waals surface area contributed by atoms with Gasteiger partial charge in [0.1, 0.15) is 0 Å². The molecule has 294 valence electrons. The van der Waals surface area contributed by atoms with E-state index in [1.807, 2.05) is 0 Å². The number of likely N-dealkylation sites (tertiary alicyclic amines) is 4. The van der Waals surface area contributed by atoms with Gasteiger partial charge in [0.25, 0.3) is 0 Å². The molecule has 2 unspecified atom stereocenters. The molecule has 6 aliphatic rings. The molecule has 2 aromatic carbocycles. The van der Waals surface area contributed by atoms with E-state index < -0.39 is 0 Å². The van der Waals surface area contributed by atoms with Crippen LogP contribution in [-0.4, -0.2) is 110 Å². The minimum absolute atomic E-state index is 0.332. The van der Waals surface area contributed by atoms with Crippen LogP contribution >= 0.6 is 0 Å². The van der Waals surface area contributed by atoms with Crippen molar-refractivity contribution < 1.29 is 9.59 Å². The van der Waals surface area contributed by atoms with Crippen LogP contribution < -0.4 is 4.90 Å². The molecule has 54 heavy (non-hydrogen) atoms. The molecular weight excluding hydrogens is 667 g/mol. The summed E-state index contributed by atoms with van der Waals surface area (Å²) < 4.78 is 0. The van der Waals surface area contributed by atoms with Gasteiger partial charge in [-0.15, -0.1) is 0 Å². The molecule has 0 bridgehead atoms. The summed E-state index contributed by atoms with van der Waals surface area (Å²) in [6, 6.07) is 18.7. The maximum absolute atomic E-state index is 13.3. The van der Waals surface area contributed by atoms with Crippen LogP contribution in [-0.2, 0) is 9.59 Å². The van der Waals surface area contributed by atoms with Crippen molar-refractivity contribution in [3.8, 4) is 0 Å². The highest BCUT2D eigenvalue weighted by molar-refractivity contribution is 5.79. The van der Waals surface area contributed by atoms with E-state index >= 15 is 0 Å². The Kier molecular flexibility index (Phi) is 10.7. The van der Waals surface area contributed by atoms with Gasteiger partial charge in [0, 0.05) is 76.5 Å².